The van der Waals surface area contributed by atoms with Gasteiger partial charge in [-0.3, -0.25) is 9.52 Å². The molecule has 0 saturated heterocycles. The minimum Gasteiger partial charge on any atom is -0.295 e. The van der Waals surface area contributed by atoms with Crippen LogP contribution in [-0.4, -0.2) is 14.2 Å². The zero-order valence-corrected chi connectivity index (χ0v) is 13.8. The maximum atomic E-state index is 12.3. The highest BCUT2D eigenvalue weighted by molar-refractivity contribution is 7.91. The molecule has 116 valence electrons. The molecule has 2 aromatic carbocycles. The second kappa shape index (κ2) is 6.50. The van der Waals surface area contributed by atoms with Crippen LogP contribution in [-0.2, 0) is 15.8 Å². The topological polar surface area (TPSA) is 63.2 Å². The third kappa shape index (κ3) is 4.08. The Bertz CT molecular complexity index is 816. The largest absolute Gasteiger partial charge is 0.295 e. The number of sulfonamides is 1. The van der Waals surface area contributed by atoms with Gasteiger partial charge in [0.1, 0.15) is 0 Å². The molecule has 0 aliphatic carbocycles. The number of aryl methyl sites for hydroxylation is 1. The van der Waals surface area contributed by atoms with Crippen LogP contribution in [0.15, 0.2) is 42.5 Å². The van der Waals surface area contributed by atoms with Crippen molar-refractivity contribution in [2.45, 2.75) is 19.6 Å². The number of halogens is 1. The van der Waals surface area contributed by atoms with Crippen LogP contribution in [0.25, 0.3) is 0 Å². The summed E-state index contributed by atoms with van der Waals surface area (Å²) in [6.45, 7) is 3.21. The van der Waals surface area contributed by atoms with Crippen molar-refractivity contribution < 1.29 is 13.2 Å². The van der Waals surface area contributed by atoms with Gasteiger partial charge in [-0.1, -0.05) is 41.9 Å². The molecule has 0 bridgehead atoms. The molecule has 0 amide bonds. The fraction of sp³-hybridized carbons (Fsp3) is 0.188. The van der Waals surface area contributed by atoms with Crippen molar-refractivity contribution in [2.75, 3.05) is 4.72 Å². The van der Waals surface area contributed by atoms with Gasteiger partial charge in [0.15, 0.2) is 5.78 Å². The molecule has 0 radical (unpaired) electrons. The summed E-state index contributed by atoms with van der Waals surface area (Å²) in [5, 5.41) is 0.405. The molecular weight excluding hydrogens is 322 g/mol. The molecular formula is C16H16ClNO3S. The van der Waals surface area contributed by atoms with Gasteiger partial charge >= 0.3 is 0 Å². The Morgan fingerprint density at radius 3 is 2.50 bits per heavy atom. The highest BCUT2D eigenvalue weighted by Gasteiger charge is 2.15. The third-order valence-corrected chi connectivity index (χ3v) is 4.80. The summed E-state index contributed by atoms with van der Waals surface area (Å²) in [6.07, 6.45) is 0. The van der Waals surface area contributed by atoms with Gasteiger partial charge in [0.05, 0.1) is 11.4 Å². The summed E-state index contributed by atoms with van der Waals surface area (Å²) in [4.78, 5) is 11.4. The number of rotatable bonds is 5. The van der Waals surface area contributed by atoms with E-state index >= 15 is 0 Å². The lowest BCUT2D eigenvalue weighted by Gasteiger charge is -2.12. The lowest BCUT2D eigenvalue weighted by atomic mass is 10.1. The number of hydrogen-bond donors (Lipinski definition) is 1. The average molecular weight is 338 g/mol. The Kier molecular flexibility index (Phi) is 4.88. The number of anilines is 1. The van der Waals surface area contributed by atoms with Crippen LogP contribution in [0, 0.1) is 6.92 Å². The van der Waals surface area contributed by atoms with E-state index in [0.717, 1.165) is 5.56 Å². The van der Waals surface area contributed by atoms with Crippen molar-refractivity contribution in [2.24, 2.45) is 0 Å². The number of benzene rings is 2. The number of Topliss-reactive ketones (excluding diaryl/α,β-unsaturated/α-hetero) is 1. The molecule has 0 aromatic heterocycles. The second-order valence-corrected chi connectivity index (χ2v) is 7.17. The van der Waals surface area contributed by atoms with E-state index in [-0.39, 0.29) is 11.5 Å². The quantitative estimate of drug-likeness (QED) is 0.844. The molecule has 2 rings (SSSR count). The van der Waals surface area contributed by atoms with Gasteiger partial charge in [-0.05, 0) is 37.1 Å². The van der Waals surface area contributed by atoms with Crippen LogP contribution >= 0.6 is 11.6 Å². The van der Waals surface area contributed by atoms with Gasteiger partial charge in [-0.25, -0.2) is 8.42 Å². The van der Waals surface area contributed by atoms with Gasteiger partial charge in [-0.15, -0.1) is 0 Å². The Balaban J connectivity index is 2.27. The van der Waals surface area contributed by atoms with Crippen molar-refractivity contribution in [3.8, 4) is 0 Å². The predicted molar refractivity (Wildman–Crippen MR) is 88.9 cm³/mol. The maximum Gasteiger partial charge on any atom is 0.236 e. The van der Waals surface area contributed by atoms with Crippen molar-refractivity contribution >= 4 is 33.1 Å². The van der Waals surface area contributed by atoms with Crippen LogP contribution < -0.4 is 4.72 Å². The third-order valence-electron chi connectivity index (χ3n) is 3.21. The van der Waals surface area contributed by atoms with Gasteiger partial charge in [-0.2, -0.15) is 0 Å². The average Bonchev–Trinajstić information content (AvgIpc) is 2.43. The Morgan fingerprint density at radius 2 is 1.86 bits per heavy atom. The molecule has 22 heavy (non-hydrogen) atoms. The standard InChI is InChI=1S/C16H16ClNO3S/c1-11-7-8-13(12(2)19)9-16(11)18-22(20,21)10-14-5-3-4-6-15(14)17/h3-9,18H,10H2,1-2H3. The van der Waals surface area contributed by atoms with Crippen molar-refractivity contribution in [3.05, 3.63) is 64.2 Å². The smallest absolute Gasteiger partial charge is 0.236 e. The summed E-state index contributed by atoms with van der Waals surface area (Å²) in [5.74, 6) is -0.345. The number of carbonyl (C=O) groups excluding carboxylic acids is 1. The van der Waals surface area contributed by atoms with E-state index in [9.17, 15) is 13.2 Å². The van der Waals surface area contributed by atoms with Gasteiger partial charge in [0, 0.05) is 10.6 Å². The second-order valence-electron chi connectivity index (χ2n) is 5.04. The molecule has 1 N–H and O–H groups in total. The Hall–Kier alpha value is -1.85. The van der Waals surface area contributed by atoms with Crippen LogP contribution in [0.5, 0.6) is 0 Å². The van der Waals surface area contributed by atoms with E-state index in [2.05, 4.69) is 4.72 Å². The molecule has 0 aliphatic heterocycles. The Labute approximate surface area is 135 Å². The molecule has 0 unspecified atom stereocenters. The summed E-state index contributed by atoms with van der Waals surface area (Å²) in [7, 11) is -3.62. The highest BCUT2D eigenvalue weighted by Crippen LogP contribution is 2.22. The van der Waals surface area contributed by atoms with Crippen LogP contribution in [0.1, 0.15) is 28.4 Å². The summed E-state index contributed by atoms with van der Waals surface area (Å²) >= 11 is 5.99. The van der Waals surface area contributed by atoms with Gasteiger partial charge < -0.3 is 0 Å². The van der Waals surface area contributed by atoms with Crippen LogP contribution in [0.3, 0.4) is 0 Å². The summed E-state index contributed by atoms with van der Waals surface area (Å²) in [5.41, 5.74) is 2.13. The minimum absolute atomic E-state index is 0.119. The van der Waals surface area contributed by atoms with Crippen molar-refractivity contribution in [3.63, 3.8) is 0 Å². The summed E-state index contributed by atoms with van der Waals surface area (Å²) in [6, 6.07) is 11.7. The van der Waals surface area contributed by atoms with Crippen LogP contribution in [0.4, 0.5) is 5.69 Å². The molecule has 6 heteroatoms. The number of hydrogen-bond acceptors (Lipinski definition) is 3. The predicted octanol–water partition coefficient (Wildman–Crippen LogP) is 3.79. The first-order valence-corrected chi connectivity index (χ1v) is 8.67. The fourth-order valence-electron chi connectivity index (χ4n) is 1.97. The lowest BCUT2D eigenvalue weighted by Crippen LogP contribution is -2.16. The molecule has 2 aromatic rings. The van der Waals surface area contributed by atoms with E-state index in [0.29, 0.717) is 21.8 Å². The number of ketones is 1. The van der Waals surface area contributed by atoms with E-state index < -0.39 is 10.0 Å². The molecule has 0 spiro atoms. The van der Waals surface area contributed by atoms with E-state index in [1.165, 1.54) is 6.92 Å². The molecule has 0 fully saturated rings. The molecule has 0 atom stereocenters. The lowest BCUT2D eigenvalue weighted by molar-refractivity contribution is 0.101. The molecule has 0 heterocycles. The summed E-state index contributed by atoms with van der Waals surface area (Å²) < 4.78 is 27.1. The maximum absolute atomic E-state index is 12.3. The van der Waals surface area contributed by atoms with Gasteiger partial charge in [0.2, 0.25) is 10.0 Å². The van der Waals surface area contributed by atoms with Crippen molar-refractivity contribution in [1.82, 2.24) is 0 Å². The fourth-order valence-corrected chi connectivity index (χ4v) is 3.54. The zero-order chi connectivity index (χ0) is 16.3. The van der Waals surface area contributed by atoms with Crippen LogP contribution in [0.2, 0.25) is 5.02 Å². The first-order valence-electron chi connectivity index (χ1n) is 6.64. The monoisotopic (exact) mass is 337 g/mol. The molecule has 4 nitrogen and oxygen atoms in total. The SMILES string of the molecule is CC(=O)c1ccc(C)c(NS(=O)(=O)Cc2ccccc2Cl)c1. The normalized spacial score (nSPS) is 11.2. The van der Waals surface area contributed by atoms with E-state index in [4.69, 9.17) is 11.6 Å². The van der Waals surface area contributed by atoms with E-state index in [1.807, 2.05) is 0 Å². The first kappa shape index (κ1) is 16.5. The number of nitrogens with one attached hydrogen (secondary N) is 1. The van der Waals surface area contributed by atoms with Gasteiger partial charge in [0.25, 0.3) is 0 Å². The number of carbonyl (C=O) groups is 1. The molecule has 0 aliphatic rings. The Morgan fingerprint density at radius 1 is 1.18 bits per heavy atom. The van der Waals surface area contributed by atoms with E-state index in [1.54, 1.807) is 49.4 Å². The minimum atomic E-state index is -3.62. The molecule has 0 saturated carbocycles. The highest BCUT2D eigenvalue weighted by atomic mass is 35.5. The first-order chi connectivity index (χ1) is 10.3. The van der Waals surface area contributed by atoms with Crippen molar-refractivity contribution in [1.29, 1.82) is 0 Å². The zero-order valence-electron chi connectivity index (χ0n) is 12.3.